The van der Waals surface area contributed by atoms with E-state index in [-0.39, 0.29) is 62.9 Å². The highest BCUT2D eigenvalue weighted by molar-refractivity contribution is 9.10. The summed E-state index contributed by atoms with van der Waals surface area (Å²) in [5, 5.41) is 43.7. The summed E-state index contributed by atoms with van der Waals surface area (Å²) >= 11 is 7.02. The van der Waals surface area contributed by atoms with E-state index in [1.807, 2.05) is 50.2 Å². The quantitative estimate of drug-likeness (QED) is 0.0503. The van der Waals surface area contributed by atoms with Crippen LogP contribution < -0.4 is 29.6 Å². The van der Waals surface area contributed by atoms with Crippen LogP contribution in [0.3, 0.4) is 0 Å². The van der Waals surface area contributed by atoms with Crippen LogP contribution in [-0.4, -0.2) is 107 Å². The maximum atomic E-state index is 11.9. The van der Waals surface area contributed by atoms with Gasteiger partial charge < -0.3 is 59.5 Å². The molecule has 0 saturated carbocycles. The standard InChI is InChI=1S/C42H48Br2N4O14/c1-23-25(19-59-41-33(43)11-27(15-45-17-29(49)13-35(51)52)39(47-41)61-21-37(55)57-3)7-5-9-31(23)32-10-6-8-26(24(32)2)20-60-42-34(44)12-28(16-46-18-30(50)14-36(53)54)40(48-42)62-22-38(56)58-4/h5-12,29-30,45-46,49-50H,13-22H2,1-4H3,(H,51,52)(H,53,54)/t29-,30-/m0/s1. The number of carboxylic acids is 2. The van der Waals surface area contributed by atoms with Crippen LogP contribution in [0.2, 0.25) is 0 Å². The number of benzene rings is 2. The van der Waals surface area contributed by atoms with Crippen LogP contribution in [0.5, 0.6) is 23.5 Å². The van der Waals surface area contributed by atoms with Gasteiger partial charge in [-0.3, -0.25) is 9.59 Å². The minimum absolute atomic E-state index is 0.00496. The molecule has 18 nitrogen and oxygen atoms in total. The van der Waals surface area contributed by atoms with Crippen molar-refractivity contribution < 1.29 is 68.0 Å². The molecule has 62 heavy (non-hydrogen) atoms. The van der Waals surface area contributed by atoms with Gasteiger partial charge in [-0.2, -0.15) is 9.97 Å². The number of aromatic nitrogens is 2. The Morgan fingerprint density at radius 3 is 1.35 bits per heavy atom. The van der Waals surface area contributed by atoms with Gasteiger partial charge in [-0.1, -0.05) is 36.4 Å². The van der Waals surface area contributed by atoms with Gasteiger partial charge in [-0.15, -0.1) is 0 Å². The number of carboxylic acid groups (broad SMARTS) is 2. The predicted octanol–water partition coefficient (Wildman–Crippen LogP) is 4.40. The van der Waals surface area contributed by atoms with Gasteiger partial charge >= 0.3 is 23.9 Å². The fraction of sp³-hybridized carbons (Fsp3) is 0.381. The average Bonchev–Trinajstić information content (AvgIpc) is 3.22. The first-order valence-corrected chi connectivity index (χ1v) is 20.6. The summed E-state index contributed by atoms with van der Waals surface area (Å²) in [4.78, 5) is 54.6. The van der Waals surface area contributed by atoms with Crippen LogP contribution in [0.25, 0.3) is 11.1 Å². The third kappa shape index (κ3) is 14.9. The minimum atomic E-state index is -1.13. The SMILES string of the molecule is COC(=O)COc1nc(OCc2cccc(-c3cccc(COc4nc(OCC(=O)OC)c(CNC[C@@H](O)CC(=O)O)cc4Br)c3C)c2C)c(Br)cc1CNC[C@@H](O)CC(=O)O. The van der Waals surface area contributed by atoms with Crippen molar-refractivity contribution in [2.24, 2.45) is 0 Å². The molecule has 0 unspecified atom stereocenters. The fourth-order valence-corrected chi connectivity index (χ4v) is 6.87. The second-order valence-electron chi connectivity index (χ2n) is 13.7. The van der Waals surface area contributed by atoms with E-state index in [9.17, 15) is 29.4 Å². The molecule has 0 radical (unpaired) electrons. The van der Waals surface area contributed by atoms with Gasteiger partial charge in [0.15, 0.2) is 13.2 Å². The molecular weight excluding hydrogens is 944 g/mol. The Labute approximate surface area is 374 Å². The van der Waals surface area contributed by atoms with E-state index in [1.165, 1.54) is 14.2 Å². The molecule has 0 aliphatic rings. The number of methoxy groups -OCH3 is 2. The second-order valence-corrected chi connectivity index (χ2v) is 15.4. The van der Waals surface area contributed by atoms with Crippen molar-refractivity contribution in [3.05, 3.63) is 90.9 Å². The van der Waals surface area contributed by atoms with Crippen molar-refractivity contribution in [2.45, 2.75) is 65.2 Å². The first-order chi connectivity index (χ1) is 29.6. The number of nitrogens with zero attached hydrogens (tertiary/aromatic N) is 2. The summed E-state index contributed by atoms with van der Waals surface area (Å²) in [6.45, 7) is 3.64. The second kappa shape index (κ2) is 24.3. The first kappa shape index (κ1) is 49.3. The molecule has 0 aliphatic heterocycles. The first-order valence-electron chi connectivity index (χ1n) is 19.0. The summed E-state index contributed by atoms with van der Waals surface area (Å²) in [6.07, 6.45) is -3.07. The molecule has 2 aromatic heterocycles. The van der Waals surface area contributed by atoms with E-state index in [1.54, 1.807) is 12.1 Å². The van der Waals surface area contributed by atoms with Crippen molar-refractivity contribution in [1.82, 2.24) is 20.6 Å². The average molecular weight is 993 g/mol. The van der Waals surface area contributed by atoms with Crippen molar-refractivity contribution in [3.8, 4) is 34.6 Å². The molecule has 0 spiro atoms. The molecule has 0 saturated heterocycles. The van der Waals surface area contributed by atoms with Crippen LogP contribution in [0, 0.1) is 13.8 Å². The van der Waals surface area contributed by atoms with Crippen LogP contribution in [-0.2, 0) is 55.0 Å². The van der Waals surface area contributed by atoms with Gasteiger partial charge in [0.25, 0.3) is 0 Å². The molecule has 0 bridgehead atoms. The van der Waals surface area contributed by atoms with E-state index >= 15 is 0 Å². The molecule has 6 N–H and O–H groups in total. The maximum Gasteiger partial charge on any atom is 0.343 e. The van der Waals surface area contributed by atoms with Gasteiger partial charge in [0, 0.05) is 37.3 Å². The molecule has 4 rings (SSSR count). The minimum Gasteiger partial charge on any atom is -0.481 e. The number of nitrogens with one attached hydrogen (secondary N) is 2. The number of hydrogen-bond donors (Lipinski definition) is 6. The third-order valence-corrected chi connectivity index (χ3v) is 10.3. The smallest absolute Gasteiger partial charge is 0.343 e. The highest BCUT2D eigenvalue weighted by Crippen LogP contribution is 2.35. The normalized spacial score (nSPS) is 11.9. The van der Waals surface area contributed by atoms with Crippen molar-refractivity contribution >= 4 is 55.7 Å². The zero-order valence-corrected chi connectivity index (χ0v) is 37.5. The Hall–Kier alpha value is -5.38. The molecule has 0 aliphatic carbocycles. The van der Waals surface area contributed by atoms with E-state index in [0.29, 0.717) is 20.1 Å². The number of aliphatic carboxylic acids is 2. The Bertz CT molecular complexity index is 2060. The summed E-state index contributed by atoms with van der Waals surface area (Å²) in [6, 6.07) is 15.1. The van der Waals surface area contributed by atoms with E-state index in [0.717, 1.165) is 33.4 Å². The zero-order chi connectivity index (χ0) is 45.3. The van der Waals surface area contributed by atoms with Crippen LogP contribution >= 0.6 is 31.9 Å². The maximum absolute atomic E-state index is 11.9. The molecular formula is C42H48Br2N4O14. The van der Waals surface area contributed by atoms with Crippen LogP contribution in [0.15, 0.2) is 57.5 Å². The molecule has 20 heteroatoms. The number of aliphatic hydroxyl groups is 2. The number of aliphatic hydroxyl groups excluding tert-OH is 2. The number of halogens is 2. The highest BCUT2D eigenvalue weighted by Gasteiger charge is 2.20. The highest BCUT2D eigenvalue weighted by atomic mass is 79.9. The van der Waals surface area contributed by atoms with E-state index in [4.69, 9.17) is 38.6 Å². The lowest BCUT2D eigenvalue weighted by molar-refractivity contribution is -0.143. The molecule has 2 aromatic carbocycles. The van der Waals surface area contributed by atoms with Crippen LogP contribution in [0.1, 0.15) is 46.2 Å². The number of hydrogen-bond acceptors (Lipinski definition) is 16. The Morgan fingerprint density at radius 1 is 0.613 bits per heavy atom. The van der Waals surface area contributed by atoms with Gasteiger partial charge in [0.1, 0.15) is 13.2 Å². The lowest BCUT2D eigenvalue weighted by atomic mass is 9.92. The van der Waals surface area contributed by atoms with Gasteiger partial charge in [0.2, 0.25) is 23.5 Å². The summed E-state index contributed by atoms with van der Waals surface area (Å²) < 4.78 is 34.1. The number of ether oxygens (including phenoxy) is 6. The Balaban J connectivity index is 1.51. The van der Waals surface area contributed by atoms with E-state index in [2.05, 4.69) is 52.5 Å². The van der Waals surface area contributed by atoms with Crippen LogP contribution in [0.4, 0.5) is 0 Å². The fourth-order valence-electron chi connectivity index (χ4n) is 5.92. The van der Waals surface area contributed by atoms with Crippen molar-refractivity contribution in [2.75, 3.05) is 40.5 Å². The topological polar surface area (TPSA) is 254 Å². The monoisotopic (exact) mass is 990 g/mol. The number of pyridine rings is 2. The number of carbonyl (C=O) groups is 4. The zero-order valence-electron chi connectivity index (χ0n) is 34.4. The van der Waals surface area contributed by atoms with Crippen molar-refractivity contribution in [3.63, 3.8) is 0 Å². The van der Waals surface area contributed by atoms with E-state index < -0.39 is 62.1 Å². The van der Waals surface area contributed by atoms with Gasteiger partial charge in [-0.05, 0) is 91.2 Å². The van der Waals surface area contributed by atoms with Gasteiger partial charge in [0.05, 0.1) is 48.2 Å². The number of rotatable bonds is 25. The largest absolute Gasteiger partial charge is 0.481 e. The van der Waals surface area contributed by atoms with Gasteiger partial charge in [-0.25, -0.2) is 9.59 Å². The molecule has 2 atom stereocenters. The lowest BCUT2D eigenvalue weighted by Gasteiger charge is -2.18. The molecule has 334 valence electrons. The summed E-state index contributed by atoms with van der Waals surface area (Å²) in [5.74, 6) is -2.95. The third-order valence-electron chi connectivity index (χ3n) is 9.20. The molecule has 0 amide bonds. The Morgan fingerprint density at radius 2 is 1.00 bits per heavy atom. The summed E-state index contributed by atoms with van der Waals surface area (Å²) in [5.41, 5.74) is 6.57. The lowest BCUT2D eigenvalue weighted by Crippen LogP contribution is -2.28. The Kier molecular flexibility index (Phi) is 19.3. The number of carbonyl (C=O) groups excluding carboxylic acids is 2. The molecule has 4 aromatic rings. The van der Waals surface area contributed by atoms with Crippen molar-refractivity contribution in [1.29, 1.82) is 0 Å². The number of esters is 2. The summed E-state index contributed by atoms with van der Waals surface area (Å²) in [7, 11) is 2.46. The predicted molar refractivity (Wildman–Crippen MR) is 229 cm³/mol. The molecule has 0 fully saturated rings. The molecule has 2 heterocycles.